The topological polar surface area (TPSA) is 49.4 Å². The van der Waals surface area contributed by atoms with Gasteiger partial charge in [-0.05, 0) is 31.2 Å². The molecule has 0 aromatic heterocycles. The maximum absolute atomic E-state index is 12.4. The normalized spacial score (nSPS) is 13.7. The number of rotatable bonds is 7. The molecule has 0 saturated carbocycles. The SMILES string of the molecule is CCNC(C)c1cccc(S(=O)(=O)N(CC)CC)c1. The molecule has 0 aliphatic rings. The molecule has 0 bridgehead atoms. The van der Waals surface area contributed by atoms with Crippen LogP contribution in [0.25, 0.3) is 0 Å². The first-order valence-corrected chi connectivity index (χ1v) is 8.24. The third-order valence-electron chi connectivity index (χ3n) is 3.21. The fourth-order valence-electron chi connectivity index (χ4n) is 2.08. The molecule has 5 heteroatoms. The number of sulfonamides is 1. The summed E-state index contributed by atoms with van der Waals surface area (Å²) in [6.45, 7) is 9.61. The summed E-state index contributed by atoms with van der Waals surface area (Å²) in [6, 6.07) is 7.34. The van der Waals surface area contributed by atoms with Crippen LogP contribution in [-0.2, 0) is 10.0 Å². The Morgan fingerprint density at radius 1 is 1.21 bits per heavy atom. The number of benzene rings is 1. The van der Waals surface area contributed by atoms with Gasteiger partial charge in [0.2, 0.25) is 10.0 Å². The van der Waals surface area contributed by atoms with Crippen molar-refractivity contribution in [3.8, 4) is 0 Å². The molecular weight excluding hydrogens is 260 g/mol. The molecule has 0 fully saturated rings. The predicted molar refractivity (Wildman–Crippen MR) is 78.6 cm³/mol. The van der Waals surface area contributed by atoms with E-state index in [-0.39, 0.29) is 6.04 Å². The van der Waals surface area contributed by atoms with E-state index in [1.54, 1.807) is 18.2 Å². The molecule has 1 N–H and O–H groups in total. The zero-order chi connectivity index (χ0) is 14.5. The van der Waals surface area contributed by atoms with Crippen molar-refractivity contribution in [1.29, 1.82) is 0 Å². The average molecular weight is 284 g/mol. The number of nitrogens with zero attached hydrogens (tertiary/aromatic N) is 1. The molecule has 0 spiro atoms. The van der Waals surface area contributed by atoms with Crippen molar-refractivity contribution in [1.82, 2.24) is 9.62 Å². The summed E-state index contributed by atoms with van der Waals surface area (Å²) in [5.41, 5.74) is 0.995. The van der Waals surface area contributed by atoms with E-state index < -0.39 is 10.0 Å². The van der Waals surface area contributed by atoms with E-state index in [9.17, 15) is 8.42 Å². The Labute approximate surface area is 116 Å². The molecule has 0 aliphatic heterocycles. The lowest BCUT2D eigenvalue weighted by Crippen LogP contribution is -2.30. The third kappa shape index (κ3) is 3.78. The summed E-state index contributed by atoms with van der Waals surface area (Å²) >= 11 is 0. The molecule has 0 saturated heterocycles. The summed E-state index contributed by atoms with van der Waals surface area (Å²) in [6.07, 6.45) is 0. The van der Waals surface area contributed by atoms with Crippen LogP contribution in [0.1, 0.15) is 39.3 Å². The zero-order valence-electron chi connectivity index (χ0n) is 12.2. The predicted octanol–water partition coefficient (Wildman–Crippen LogP) is 2.39. The van der Waals surface area contributed by atoms with E-state index in [1.165, 1.54) is 4.31 Å². The maximum atomic E-state index is 12.4. The van der Waals surface area contributed by atoms with Crippen molar-refractivity contribution >= 4 is 10.0 Å². The van der Waals surface area contributed by atoms with Crippen molar-refractivity contribution in [2.24, 2.45) is 0 Å². The van der Waals surface area contributed by atoms with Crippen LogP contribution in [0.3, 0.4) is 0 Å². The van der Waals surface area contributed by atoms with Crippen LogP contribution in [0.2, 0.25) is 0 Å². The van der Waals surface area contributed by atoms with Crippen LogP contribution in [-0.4, -0.2) is 32.4 Å². The Hall–Kier alpha value is -0.910. The summed E-state index contributed by atoms with van der Waals surface area (Å²) in [5, 5.41) is 3.29. The fraction of sp³-hybridized carbons (Fsp3) is 0.571. The molecule has 1 aromatic carbocycles. The van der Waals surface area contributed by atoms with Crippen LogP contribution in [0.5, 0.6) is 0 Å². The molecule has 4 nitrogen and oxygen atoms in total. The van der Waals surface area contributed by atoms with Crippen LogP contribution < -0.4 is 5.32 Å². The second-order valence-electron chi connectivity index (χ2n) is 4.44. The van der Waals surface area contributed by atoms with E-state index in [1.807, 2.05) is 33.8 Å². The van der Waals surface area contributed by atoms with Gasteiger partial charge >= 0.3 is 0 Å². The first-order valence-electron chi connectivity index (χ1n) is 6.80. The standard InChI is InChI=1S/C14H24N2O2S/c1-5-15-12(4)13-9-8-10-14(11-13)19(17,18)16(6-2)7-3/h8-12,15H,5-7H2,1-4H3. The van der Waals surface area contributed by atoms with E-state index in [4.69, 9.17) is 0 Å². The highest BCUT2D eigenvalue weighted by Crippen LogP contribution is 2.20. The number of nitrogens with one attached hydrogen (secondary N) is 1. The minimum atomic E-state index is -3.37. The molecule has 0 amide bonds. The summed E-state index contributed by atoms with van der Waals surface area (Å²) in [5.74, 6) is 0. The minimum absolute atomic E-state index is 0.150. The van der Waals surface area contributed by atoms with Gasteiger partial charge in [0.1, 0.15) is 0 Å². The second-order valence-corrected chi connectivity index (χ2v) is 6.38. The maximum Gasteiger partial charge on any atom is 0.243 e. The molecule has 1 atom stereocenters. The first kappa shape index (κ1) is 16.1. The second kappa shape index (κ2) is 7.03. The quantitative estimate of drug-likeness (QED) is 0.836. The molecule has 0 aliphatic carbocycles. The molecule has 108 valence electrons. The van der Waals surface area contributed by atoms with Gasteiger partial charge in [-0.3, -0.25) is 0 Å². The van der Waals surface area contributed by atoms with Crippen molar-refractivity contribution in [3.05, 3.63) is 29.8 Å². The summed E-state index contributed by atoms with van der Waals surface area (Å²) in [7, 11) is -3.37. The Balaban J connectivity index is 3.11. The Kier molecular flexibility index (Phi) is 5.97. The largest absolute Gasteiger partial charge is 0.310 e. The molecule has 1 rings (SSSR count). The highest BCUT2D eigenvalue weighted by molar-refractivity contribution is 7.89. The van der Waals surface area contributed by atoms with Gasteiger partial charge in [-0.15, -0.1) is 0 Å². The summed E-state index contributed by atoms with van der Waals surface area (Å²) < 4.78 is 26.3. The van der Waals surface area contributed by atoms with Crippen molar-refractivity contribution in [2.75, 3.05) is 19.6 Å². The highest BCUT2D eigenvalue weighted by Gasteiger charge is 2.22. The Bertz CT molecular complexity index is 496. The van der Waals surface area contributed by atoms with E-state index in [0.717, 1.165) is 12.1 Å². The van der Waals surface area contributed by atoms with Gasteiger partial charge in [0, 0.05) is 19.1 Å². The number of hydrogen-bond acceptors (Lipinski definition) is 3. The molecule has 1 unspecified atom stereocenters. The monoisotopic (exact) mass is 284 g/mol. The van der Waals surface area contributed by atoms with Gasteiger partial charge < -0.3 is 5.32 Å². The summed E-state index contributed by atoms with van der Waals surface area (Å²) in [4.78, 5) is 0.374. The minimum Gasteiger partial charge on any atom is -0.310 e. The van der Waals surface area contributed by atoms with Crippen molar-refractivity contribution in [2.45, 2.75) is 38.6 Å². The van der Waals surface area contributed by atoms with Gasteiger partial charge in [-0.1, -0.05) is 32.9 Å². The number of hydrogen-bond donors (Lipinski definition) is 1. The van der Waals surface area contributed by atoms with Crippen molar-refractivity contribution in [3.63, 3.8) is 0 Å². The lowest BCUT2D eigenvalue weighted by Gasteiger charge is -2.20. The van der Waals surface area contributed by atoms with Gasteiger partial charge in [0.05, 0.1) is 4.90 Å². The average Bonchev–Trinajstić information content (AvgIpc) is 2.40. The molecule has 0 heterocycles. The molecule has 0 radical (unpaired) electrons. The van der Waals surface area contributed by atoms with Gasteiger partial charge in [0.25, 0.3) is 0 Å². The van der Waals surface area contributed by atoms with Crippen LogP contribution >= 0.6 is 0 Å². The Morgan fingerprint density at radius 2 is 1.84 bits per heavy atom. The Morgan fingerprint density at radius 3 is 2.37 bits per heavy atom. The lowest BCUT2D eigenvalue weighted by molar-refractivity contribution is 0.445. The van der Waals surface area contributed by atoms with E-state index in [0.29, 0.717) is 18.0 Å². The highest BCUT2D eigenvalue weighted by atomic mass is 32.2. The van der Waals surface area contributed by atoms with E-state index in [2.05, 4.69) is 5.32 Å². The molecule has 19 heavy (non-hydrogen) atoms. The molecular formula is C14H24N2O2S. The van der Waals surface area contributed by atoms with Gasteiger partial charge in [0.15, 0.2) is 0 Å². The van der Waals surface area contributed by atoms with Crippen LogP contribution in [0.4, 0.5) is 0 Å². The van der Waals surface area contributed by atoms with Crippen LogP contribution in [0.15, 0.2) is 29.2 Å². The lowest BCUT2D eigenvalue weighted by atomic mass is 10.1. The van der Waals surface area contributed by atoms with Gasteiger partial charge in [-0.25, -0.2) is 8.42 Å². The van der Waals surface area contributed by atoms with Crippen molar-refractivity contribution < 1.29 is 8.42 Å². The smallest absolute Gasteiger partial charge is 0.243 e. The first-order chi connectivity index (χ1) is 8.97. The molecule has 1 aromatic rings. The zero-order valence-corrected chi connectivity index (χ0v) is 13.0. The van der Waals surface area contributed by atoms with Crippen LogP contribution in [0, 0.1) is 0 Å². The fourth-order valence-corrected chi connectivity index (χ4v) is 3.59. The van der Waals surface area contributed by atoms with Gasteiger partial charge in [-0.2, -0.15) is 4.31 Å². The third-order valence-corrected chi connectivity index (χ3v) is 5.26. The van der Waals surface area contributed by atoms with E-state index >= 15 is 0 Å².